The summed E-state index contributed by atoms with van der Waals surface area (Å²) in [5.74, 6) is 2.48. The molecule has 0 unspecified atom stereocenters. The highest BCUT2D eigenvalue weighted by Crippen LogP contribution is 2.31. The summed E-state index contributed by atoms with van der Waals surface area (Å²) in [4.78, 5) is 8.83. The zero-order valence-electron chi connectivity index (χ0n) is 12.0. The Morgan fingerprint density at radius 3 is 2.62 bits per heavy atom. The summed E-state index contributed by atoms with van der Waals surface area (Å²) in [5.41, 5.74) is 0. The van der Waals surface area contributed by atoms with Crippen LogP contribution in [0, 0.1) is 0 Å². The van der Waals surface area contributed by atoms with Crippen LogP contribution in [0.1, 0.15) is 26.1 Å². The maximum absolute atomic E-state index is 6.11. The van der Waals surface area contributed by atoms with Gasteiger partial charge in [-0.3, -0.25) is 0 Å². The van der Waals surface area contributed by atoms with Crippen LogP contribution in [-0.4, -0.2) is 16.5 Å². The zero-order chi connectivity index (χ0) is 15.2. The summed E-state index contributed by atoms with van der Waals surface area (Å²) in [7, 11) is 0. The third-order valence-electron chi connectivity index (χ3n) is 2.69. The van der Waals surface area contributed by atoms with Crippen molar-refractivity contribution in [1.29, 1.82) is 0 Å². The number of ether oxygens (including phenoxy) is 1. The molecule has 0 saturated heterocycles. The van der Waals surface area contributed by atoms with Crippen molar-refractivity contribution in [1.82, 2.24) is 9.97 Å². The predicted octanol–water partition coefficient (Wildman–Crippen LogP) is 4.96. The summed E-state index contributed by atoms with van der Waals surface area (Å²) < 4.78 is 5.76. The lowest BCUT2D eigenvalue weighted by atomic mass is 10.3. The fourth-order valence-corrected chi connectivity index (χ4v) is 2.25. The number of benzene rings is 1. The zero-order valence-corrected chi connectivity index (χ0v) is 13.5. The number of hydrogen-bond acceptors (Lipinski definition) is 4. The van der Waals surface area contributed by atoms with Crippen LogP contribution in [-0.2, 0) is 6.42 Å². The summed E-state index contributed by atoms with van der Waals surface area (Å²) in [6.07, 6.45) is 1.76. The highest BCUT2D eigenvalue weighted by molar-refractivity contribution is 6.35. The SMILES string of the molecule is CCCc1nc(NCC)cc(Oc2ccc(Cl)cc2Cl)n1. The molecule has 112 valence electrons. The largest absolute Gasteiger partial charge is 0.437 e. The third-order valence-corrected chi connectivity index (χ3v) is 3.22. The Hall–Kier alpha value is -1.52. The Balaban J connectivity index is 2.29. The van der Waals surface area contributed by atoms with Gasteiger partial charge in [0.05, 0.1) is 5.02 Å². The number of anilines is 1. The summed E-state index contributed by atoms with van der Waals surface area (Å²) >= 11 is 12.0. The molecule has 0 aliphatic rings. The van der Waals surface area contributed by atoms with Gasteiger partial charge in [0.1, 0.15) is 17.4 Å². The lowest BCUT2D eigenvalue weighted by Crippen LogP contribution is -2.04. The van der Waals surface area contributed by atoms with E-state index in [0.717, 1.165) is 31.0 Å². The number of nitrogens with one attached hydrogen (secondary N) is 1. The van der Waals surface area contributed by atoms with Crippen LogP contribution in [0.15, 0.2) is 24.3 Å². The van der Waals surface area contributed by atoms with Gasteiger partial charge in [-0.1, -0.05) is 30.1 Å². The molecule has 0 saturated carbocycles. The van der Waals surface area contributed by atoms with E-state index in [1.54, 1.807) is 24.3 Å². The predicted molar refractivity (Wildman–Crippen MR) is 86.7 cm³/mol. The van der Waals surface area contributed by atoms with Gasteiger partial charge in [-0.15, -0.1) is 0 Å². The Morgan fingerprint density at radius 1 is 1.14 bits per heavy atom. The minimum atomic E-state index is 0.447. The maximum Gasteiger partial charge on any atom is 0.224 e. The first-order valence-electron chi connectivity index (χ1n) is 6.87. The van der Waals surface area contributed by atoms with E-state index in [4.69, 9.17) is 27.9 Å². The fourth-order valence-electron chi connectivity index (χ4n) is 1.80. The van der Waals surface area contributed by atoms with Gasteiger partial charge >= 0.3 is 0 Å². The Kier molecular flexibility index (Phi) is 5.65. The molecular formula is C15H17Cl2N3O. The minimum Gasteiger partial charge on any atom is -0.437 e. The molecule has 1 N–H and O–H groups in total. The van der Waals surface area contributed by atoms with Gasteiger partial charge in [-0.25, -0.2) is 4.98 Å². The smallest absolute Gasteiger partial charge is 0.224 e. The summed E-state index contributed by atoms with van der Waals surface area (Å²) in [5, 5.41) is 4.18. The highest BCUT2D eigenvalue weighted by atomic mass is 35.5. The van der Waals surface area contributed by atoms with Crippen LogP contribution < -0.4 is 10.1 Å². The number of aryl methyl sites for hydroxylation is 1. The van der Waals surface area contributed by atoms with E-state index in [1.165, 1.54) is 0 Å². The lowest BCUT2D eigenvalue weighted by Gasteiger charge is -2.10. The van der Waals surface area contributed by atoms with E-state index in [1.807, 2.05) is 6.92 Å². The number of rotatable bonds is 6. The second kappa shape index (κ2) is 7.48. The molecule has 4 nitrogen and oxygen atoms in total. The molecule has 0 fully saturated rings. The summed E-state index contributed by atoms with van der Waals surface area (Å²) in [6, 6.07) is 6.84. The topological polar surface area (TPSA) is 47.0 Å². The van der Waals surface area contributed by atoms with Crippen molar-refractivity contribution in [2.75, 3.05) is 11.9 Å². The molecule has 0 aliphatic heterocycles. The number of aromatic nitrogens is 2. The third kappa shape index (κ3) is 4.48. The van der Waals surface area contributed by atoms with Crippen molar-refractivity contribution >= 4 is 29.0 Å². The molecule has 1 heterocycles. The number of hydrogen-bond donors (Lipinski definition) is 1. The molecule has 1 aromatic carbocycles. The van der Waals surface area contributed by atoms with Crippen molar-refractivity contribution in [2.45, 2.75) is 26.7 Å². The maximum atomic E-state index is 6.11. The van der Waals surface area contributed by atoms with E-state index in [2.05, 4.69) is 22.2 Å². The quantitative estimate of drug-likeness (QED) is 0.815. The monoisotopic (exact) mass is 325 g/mol. The van der Waals surface area contributed by atoms with Gasteiger partial charge in [0.15, 0.2) is 0 Å². The van der Waals surface area contributed by atoms with E-state index in [9.17, 15) is 0 Å². The van der Waals surface area contributed by atoms with Gasteiger partial charge in [0.2, 0.25) is 5.88 Å². The molecular weight excluding hydrogens is 309 g/mol. The lowest BCUT2D eigenvalue weighted by molar-refractivity contribution is 0.459. The van der Waals surface area contributed by atoms with Gasteiger partial charge in [-0.05, 0) is 31.5 Å². The first-order valence-corrected chi connectivity index (χ1v) is 7.62. The molecule has 0 radical (unpaired) electrons. The van der Waals surface area contributed by atoms with Crippen LogP contribution >= 0.6 is 23.2 Å². The van der Waals surface area contributed by atoms with Crippen molar-refractivity contribution in [3.63, 3.8) is 0 Å². The Labute approximate surface area is 134 Å². The molecule has 1 aromatic heterocycles. The second-order valence-electron chi connectivity index (χ2n) is 4.46. The first kappa shape index (κ1) is 15.9. The molecule has 21 heavy (non-hydrogen) atoms. The molecule has 0 amide bonds. The Bertz CT molecular complexity index is 596. The van der Waals surface area contributed by atoms with Crippen LogP contribution in [0.25, 0.3) is 0 Å². The summed E-state index contributed by atoms with van der Waals surface area (Å²) in [6.45, 7) is 4.88. The normalized spacial score (nSPS) is 10.5. The fraction of sp³-hybridized carbons (Fsp3) is 0.333. The van der Waals surface area contributed by atoms with E-state index < -0.39 is 0 Å². The van der Waals surface area contributed by atoms with E-state index >= 15 is 0 Å². The number of nitrogens with zero attached hydrogens (tertiary/aromatic N) is 2. The first-order chi connectivity index (χ1) is 10.1. The van der Waals surface area contributed by atoms with Gasteiger partial charge in [-0.2, -0.15) is 4.98 Å². The van der Waals surface area contributed by atoms with Crippen molar-refractivity contribution < 1.29 is 4.74 Å². The standard InChI is InChI=1S/C15H17Cl2N3O/c1-3-5-13-19-14(18-4-2)9-15(20-13)21-12-7-6-10(16)8-11(12)17/h6-9H,3-5H2,1-2H3,(H,18,19,20). The highest BCUT2D eigenvalue weighted by Gasteiger charge is 2.09. The van der Waals surface area contributed by atoms with Crippen LogP contribution in [0.2, 0.25) is 10.0 Å². The molecule has 0 bridgehead atoms. The minimum absolute atomic E-state index is 0.447. The van der Waals surface area contributed by atoms with Gasteiger partial charge in [0, 0.05) is 24.1 Å². The van der Waals surface area contributed by atoms with Gasteiger partial charge in [0.25, 0.3) is 0 Å². The van der Waals surface area contributed by atoms with Crippen LogP contribution in [0.4, 0.5) is 5.82 Å². The number of halogens is 2. The molecule has 0 aliphatic carbocycles. The van der Waals surface area contributed by atoms with E-state index in [-0.39, 0.29) is 0 Å². The average molecular weight is 326 g/mol. The van der Waals surface area contributed by atoms with Crippen LogP contribution in [0.3, 0.4) is 0 Å². The molecule has 0 spiro atoms. The molecule has 2 rings (SSSR count). The van der Waals surface area contributed by atoms with Crippen molar-refractivity contribution in [3.05, 3.63) is 40.1 Å². The van der Waals surface area contributed by atoms with Gasteiger partial charge < -0.3 is 10.1 Å². The van der Waals surface area contributed by atoms with Crippen molar-refractivity contribution in [3.8, 4) is 11.6 Å². The Morgan fingerprint density at radius 2 is 1.95 bits per heavy atom. The second-order valence-corrected chi connectivity index (χ2v) is 5.31. The van der Waals surface area contributed by atoms with Crippen LogP contribution in [0.5, 0.6) is 11.6 Å². The van der Waals surface area contributed by atoms with E-state index in [0.29, 0.717) is 21.7 Å². The molecule has 0 atom stereocenters. The molecule has 2 aromatic rings. The average Bonchev–Trinajstić information content (AvgIpc) is 2.42. The van der Waals surface area contributed by atoms with Crippen molar-refractivity contribution in [2.24, 2.45) is 0 Å². The molecule has 6 heteroatoms.